The van der Waals surface area contributed by atoms with E-state index in [1.54, 1.807) is 31.2 Å². The van der Waals surface area contributed by atoms with E-state index in [-0.39, 0.29) is 17.6 Å². The van der Waals surface area contributed by atoms with Gasteiger partial charge in [-0.1, -0.05) is 13.8 Å². The number of hydrogen-bond acceptors (Lipinski definition) is 5. The van der Waals surface area contributed by atoms with Gasteiger partial charge in [-0.05, 0) is 30.7 Å². The van der Waals surface area contributed by atoms with E-state index in [2.05, 4.69) is 4.74 Å². The monoisotopic (exact) mass is 316 g/mol. The van der Waals surface area contributed by atoms with Gasteiger partial charge in [0.1, 0.15) is 0 Å². The number of ether oxygens (including phenoxy) is 1. The summed E-state index contributed by atoms with van der Waals surface area (Å²) in [6.45, 7) is 3.65. The zero-order valence-electron chi connectivity index (χ0n) is 12.0. The van der Waals surface area contributed by atoms with Gasteiger partial charge < -0.3 is 4.74 Å². The van der Waals surface area contributed by atoms with Gasteiger partial charge in [-0.25, -0.2) is 8.42 Å². The molecule has 1 unspecified atom stereocenters. The lowest BCUT2D eigenvalue weighted by Crippen LogP contribution is -2.14. The molecule has 20 heavy (non-hydrogen) atoms. The van der Waals surface area contributed by atoms with Gasteiger partial charge in [0.05, 0.1) is 23.7 Å². The average molecular weight is 316 g/mol. The van der Waals surface area contributed by atoms with Crippen molar-refractivity contribution in [2.75, 3.05) is 18.6 Å². The Bertz CT molecular complexity index is 535. The van der Waals surface area contributed by atoms with Crippen molar-refractivity contribution in [2.45, 2.75) is 30.1 Å². The molecule has 6 heteroatoms. The maximum Gasteiger partial charge on any atom is 0.309 e. The summed E-state index contributed by atoms with van der Waals surface area (Å²) in [7, 11) is -1.79. The zero-order chi connectivity index (χ0) is 15.2. The molecule has 0 amide bonds. The topological polar surface area (TPSA) is 60.4 Å². The van der Waals surface area contributed by atoms with Crippen LogP contribution in [0.2, 0.25) is 0 Å². The Kier molecular flexibility index (Phi) is 6.55. The molecule has 0 bridgehead atoms. The minimum Gasteiger partial charge on any atom is -0.469 e. The van der Waals surface area contributed by atoms with Gasteiger partial charge in [0.15, 0.2) is 9.84 Å². The molecular weight excluding hydrogens is 296 g/mol. The van der Waals surface area contributed by atoms with Gasteiger partial charge in [-0.3, -0.25) is 4.79 Å². The van der Waals surface area contributed by atoms with Crippen LogP contribution in [-0.2, 0) is 19.4 Å². The fourth-order valence-corrected chi connectivity index (χ4v) is 3.85. The Balaban J connectivity index is 2.66. The lowest BCUT2D eigenvalue weighted by atomic mass is 10.2. The summed E-state index contributed by atoms with van der Waals surface area (Å²) in [6, 6.07) is 6.79. The maximum absolute atomic E-state index is 11.9. The standard InChI is InChI=1S/C14H20O4S2/c1-4-9-20(16,17)13-7-5-12(6-8-13)19-10-11(2)14(15)18-3/h5-8,11H,4,9-10H2,1-3H3. The van der Waals surface area contributed by atoms with Crippen molar-refractivity contribution in [1.82, 2.24) is 0 Å². The first kappa shape index (κ1) is 17.0. The van der Waals surface area contributed by atoms with Gasteiger partial charge in [-0.15, -0.1) is 11.8 Å². The Morgan fingerprint density at radius 3 is 2.40 bits per heavy atom. The van der Waals surface area contributed by atoms with Crippen LogP contribution < -0.4 is 0 Å². The molecule has 1 aromatic carbocycles. The maximum atomic E-state index is 11.9. The Morgan fingerprint density at radius 2 is 1.90 bits per heavy atom. The quantitative estimate of drug-likeness (QED) is 0.572. The summed E-state index contributed by atoms with van der Waals surface area (Å²) in [5.41, 5.74) is 0. The van der Waals surface area contributed by atoms with Crippen LogP contribution >= 0.6 is 11.8 Å². The molecule has 0 fully saturated rings. The Labute approximate surface area is 124 Å². The van der Waals surface area contributed by atoms with Crippen molar-refractivity contribution in [3.8, 4) is 0 Å². The summed E-state index contributed by atoms with van der Waals surface area (Å²) in [5, 5.41) is 0. The van der Waals surface area contributed by atoms with Crippen molar-refractivity contribution in [2.24, 2.45) is 5.92 Å². The van der Waals surface area contributed by atoms with E-state index in [1.807, 2.05) is 6.92 Å². The molecule has 4 nitrogen and oxygen atoms in total. The van der Waals surface area contributed by atoms with E-state index < -0.39 is 9.84 Å². The van der Waals surface area contributed by atoms with Gasteiger partial charge in [0.2, 0.25) is 0 Å². The van der Waals surface area contributed by atoms with Crippen molar-refractivity contribution in [3.63, 3.8) is 0 Å². The lowest BCUT2D eigenvalue weighted by molar-refractivity contribution is -0.143. The molecule has 0 spiro atoms. The molecule has 0 aromatic heterocycles. The van der Waals surface area contributed by atoms with Crippen LogP contribution in [0.1, 0.15) is 20.3 Å². The van der Waals surface area contributed by atoms with Gasteiger partial charge in [-0.2, -0.15) is 0 Å². The van der Waals surface area contributed by atoms with Crippen molar-refractivity contribution >= 4 is 27.6 Å². The SMILES string of the molecule is CCCS(=O)(=O)c1ccc(SCC(C)C(=O)OC)cc1. The molecule has 0 aliphatic rings. The van der Waals surface area contributed by atoms with Crippen molar-refractivity contribution in [1.29, 1.82) is 0 Å². The smallest absolute Gasteiger partial charge is 0.309 e. The molecule has 0 saturated carbocycles. The number of rotatable bonds is 7. The van der Waals surface area contributed by atoms with E-state index in [0.29, 0.717) is 17.1 Å². The van der Waals surface area contributed by atoms with Gasteiger partial charge >= 0.3 is 5.97 Å². The third kappa shape index (κ3) is 4.83. The molecule has 1 atom stereocenters. The van der Waals surface area contributed by atoms with Crippen molar-refractivity contribution < 1.29 is 17.9 Å². The second-order valence-corrected chi connectivity index (χ2v) is 7.73. The molecule has 0 saturated heterocycles. The first-order chi connectivity index (χ1) is 9.40. The van der Waals surface area contributed by atoms with E-state index in [1.165, 1.54) is 18.9 Å². The first-order valence-electron chi connectivity index (χ1n) is 6.44. The Morgan fingerprint density at radius 1 is 1.30 bits per heavy atom. The highest BCUT2D eigenvalue weighted by atomic mass is 32.2. The molecular formula is C14H20O4S2. The minimum absolute atomic E-state index is 0.166. The second-order valence-electron chi connectivity index (χ2n) is 4.53. The lowest BCUT2D eigenvalue weighted by Gasteiger charge is -2.09. The fraction of sp³-hybridized carbons (Fsp3) is 0.500. The molecule has 1 aromatic rings. The highest BCUT2D eigenvalue weighted by Gasteiger charge is 2.15. The van der Waals surface area contributed by atoms with Crippen LogP contribution in [0, 0.1) is 5.92 Å². The zero-order valence-corrected chi connectivity index (χ0v) is 13.6. The number of methoxy groups -OCH3 is 1. The minimum atomic E-state index is -3.16. The number of sulfone groups is 1. The van der Waals surface area contributed by atoms with Crippen LogP contribution in [0.3, 0.4) is 0 Å². The van der Waals surface area contributed by atoms with Crippen molar-refractivity contribution in [3.05, 3.63) is 24.3 Å². The largest absolute Gasteiger partial charge is 0.469 e. The van der Waals surface area contributed by atoms with Crippen LogP contribution in [0.25, 0.3) is 0 Å². The third-order valence-electron chi connectivity index (χ3n) is 2.76. The number of esters is 1. The molecule has 1 rings (SSSR count). The summed E-state index contributed by atoms with van der Waals surface area (Å²) in [4.78, 5) is 12.6. The molecule has 0 N–H and O–H groups in total. The normalized spacial score (nSPS) is 12.9. The molecule has 0 aliphatic carbocycles. The predicted molar refractivity (Wildman–Crippen MR) is 80.7 cm³/mol. The van der Waals surface area contributed by atoms with Crippen LogP contribution in [0.15, 0.2) is 34.1 Å². The molecule has 112 valence electrons. The number of benzene rings is 1. The summed E-state index contributed by atoms with van der Waals surface area (Å²) < 4.78 is 28.4. The number of carbonyl (C=O) groups excluding carboxylic acids is 1. The molecule has 0 heterocycles. The van der Waals surface area contributed by atoms with Crippen LogP contribution in [0.5, 0.6) is 0 Å². The summed E-state index contributed by atoms with van der Waals surface area (Å²) in [5.74, 6) is 0.347. The molecule has 0 radical (unpaired) electrons. The number of hydrogen-bond donors (Lipinski definition) is 0. The van der Waals surface area contributed by atoms with Gasteiger partial charge in [0, 0.05) is 10.6 Å². The van der Waals surface area contributed by atoms with E-state index in [4.69, 9.17) is 0 Å². The summed E-state index contributed by atoms with van der Waals surface area (Å²) in [6.07, 6.45) is 0.607. The van der Waals surface area contributed by atoms with E-state index >= 15 is 0 Å². The number of carbonyl (C=O) groups is 1. The first-order valence-corrected chi connectivity index (χ1v) is 9.08. The van der Waals surface area contributed by atoms with Crippen LogP contribution in [0.4, 0.5) is 0 Å². The fourth-order valence-electron chi connectivity index (χ4n) is 1.62. The average Bonchev–Trinajstić information content (AvgIpc) is 2.44. The van der Waals surface area contributed by atoms with Crippen LogP contribution in [-0.4, -0.2) is 33.0 Å². The summed E-state index contributed by atoms with van der Waals surface area (Å²) >= 11 is 1.51. The van der Waals surface area contributed by atoms with E-state index in [9.17, 15) is 13.2 Å². The second kappa shape index (κ2) is 7.69. The number of thioether (sulfide) groups is 1. The van der Waals surface area contributed by atoms with Gasteiger partial charge in [0.25, 0.3) is 0 Å². The predicted octanol–water partition coefficient (Wildman–Crippen LogP) is 2.77. The Hall–Kier alpha value is -1.01. The highest BCUT2D eigenvalue weighted by molar-refractivity contribution is 7.99. The molecule has 0 aliphatic heterocycles. The van der Waals surface area contributed by atoms with E-state index in [0.717, 1.165) is 4.90 Å². The highest BCUT2D eigenvalue weighted by Crippen LogP contribution is 2.23. The third-order valence-corrected chi connectivity index (χ3v) is 5.97.